The number of nitrogens with two attached hydrogens (primary N) is 2. The molecule has 1 aromatic carbocycles. The molecule has 0 saturated carbocycles. The Bertz CT molecular complexity index is 539. The number of rotatable bonds is 3. The van der Waals surface area contributed by atoms with Gasteiger partial charge in [0.15, 0.2) is 0 Å². The molecule has 0 saturated heterocycles. The van der Waals surface area contributed by atoms with E-state index in [2.05, 4.69) is 0 Å². The van der Waals surface area contributed by atoms with Gasteiger partial charge >= 0.3 is 0 Å². The van der Waals surface area contributed by atoms with Gasteiger partial charge in [0.05, 0.1) is 11.1 Å². The number of nitrogen functional groups attached to an aromatic ring is 1. The summed E-state index contributed by atoms with van der Waals surface area (Å²) in [7, 11) is 0. The Hall–Kier alpha value is -2.21. The lowest BCUT2D eigenvalue weighted by atomic mass is 10.1. The zero-order chi connectivity index (χ0) is 13.3. The molecular weight excluding hydrogens is 234 g/mol. The second kappa shape index (κ2) is 4.58. The number of carbonyl (C=O) groups is 3. The van der Waals surface area contributed by atoms with Crippen LogP contribution in [0.25, 0.3) is 0 Å². The summed E-state index contributed by atoms with van der Waals surface area (Å²) >= 11 is 0. The van der Waals surface area contributed by atoms with E-state index in [0.717, 1.165) is 0 Å². The molecular formula is C12H13N3O3. The van der Waals surface area contributed by atoms with Gasteiger partial charge in [0.1, 0.15) is 0 Å². The second-order valence-electron chi connectivity index (χ2n) is 4.00. The molecule has 0 atom stereocenters. The fourth-order valence-corrected chi connectivity index (χ4v) is 1.90. The molecule has 0 spiro atoms. The molecule has 0 unspecified atom stereocenters. The molecule has 0 fully saturated rings. The highest BCUT2D eigenvalue weighted by Gasteiger charge is 2.40. The molecule has 0 bridgehead atoms. The molecule has 3 amide bonds. The lowest BCUT2D eigenvalue weighted by Crippen LogP contribution is -2.36. The van der Waals surface area contributed by atoms with Gasteiger partial charge in [-0.1, -0.05) is 6.07 Å². The standard InChI is InChI=1S/C12H13N3O3/c13-6-2-5-9(16)15-11(17)7-3-1-4-8(14)10(7)12(15)18/h1,3-4H,2,5-6,13-14H2. The van der Waals surface area contributed by atoms with Crippen molar-refractivity contribution in [3.63, 3.8) is 0 Å². The molecule has 1 heterocycles. The summed E-state index contributed by atoms with van der Waals surface area (Å²) in [4.78, 5) is 36.4. The number of amides is 3. The number of anilines is 1. The van der Waals surface area contributed by atoms with Crippen molar-refractivity contribution in [2.45, 2.75) is 12.8 Å². The third kappa shape index (κ3) is 1.76. The summed E-state index contributed by atoms with van der Waals surface area (Å²) in [6.45, 7) is 0.330. The van der Waals surface area contributed by atoms with Crippen LogP contribution in [0.15, 0.2) is 18.2 Å². The zero-order valence-corrected chi connectivity index (χ0v) is 9.68. The molecule has 18 heavy (non-hydrogen) atoms. The molecule has 1 aromatic rings. The summed E-state index contributed by atoms with van der Waals surface area (Å²) in [6, 6.07) is 4.59. The van der Waals surface area contributed by atoms with Gasteiger partial charge in [-0.3, -0.25) is 14.4 Å². The maximum Gasteiger partial charge on any atom is 0.270 e. The summed E-state index contributed by atoms with van der Waals surface area (Å²) in [5, 5.41) is 0. The molecule has 2 rings (SSSR count). The van der Waals surface area contributed by atoms with Gasteiger partial charge in [0, 0.05) is 12.1 Å². The molecule has 0 aliphatic carbocycles. The smallest absolute Gasteiger partial charge is 0.270 e. The fourth-order valence-electron chi connectivity index (χ4n) is 1.90. The number of carbonyl (C=O) groups excluding carboxylic acids is 3. The van der Waals surface area contributed by atoms with E-state index in [4.69, 9.17) is 11.5 Å². The Morgan fingerprint density at radius 3 is 2.56 bits per heavy atom. The van der Waals surface area contributed by atoms with Crippen LogP contribution in [-0.2, 0) is 4.79 Å². The van der Waals surface area contributed by atoms with Gasteiger partial charge in [0.25, 0.3) is 11.8 Å². The first-order valence-electron chi connectivity index (χ1n) is 5.58. The van der Waals surface area contributed by atoms with Crippen LogP contribution < -0.4 is 11.5 Å². The first-order chi connectivity index (χ1) is 8.57. The minimum Gasteiger partial charge on any atom is -0.398 e. The van der Waals surface area contributed by atoms with E-state index < -0.39 is 17.7 Å². The lowest BCUT2D eigenvalue weighted by molar-refractivity contribution is -0.126. The van der Waals surface area contributed by atoms with Crippen molar-refractivity contribution in [1.82, 2.24) is 4.90 Å². The normalized spacial score (nSPS) is 13.9. The molecule has 6 nitrogen and oxygen atoms in total. The van der Waals surface area contributed by atoms with Gasteiger partial charge in [-0.2, -0.15) is 0 Å². The van der Waals surface area contributed by atoms with E-state index in [-0.39, 0.29) is 23.2 Å². The second-order valence-corrected chi connectivity index (χ2v) is 4.00. The van der Waals surface area contributed by atoms with Crippen LogP contribution in [0.3, 0.4) is 0 Å². The number of benzene rings is 1. The van der Waals surface area contributed by atoms with Gasteiger partial charge in [0.2, 0.25) is 5.91 Å². The van der Waals surface area contributed by atoms with Gasteiger partial charge in [-0.25, -0.2) is 4.90 Å². The van der Waals surface area contributed by atoms with E-state index in [1.165, 1.54) is 12.1 Å². The largest absolute Gasteiger partial charge is 0.398 e. The average Bonchev–Trinajstić information content (AvgIpc) is 2.60. The van der Waals surface area contributed by atoms with Crippen molar-refractivity contribution in [2.24, 2.45) is 5.73 Å². The van der Waals surface area contributed by atoms with E-state index in [9.17, 15) is 14.4 Å². The summed E-state index contributed by atoms with van der Waals surface area (Å²) < 4.78 is 0. The Morgan fingerprint density at radius 1 is 1.22 bits per heavy atom. The average molecular weight is 247 g/mol. The highest BCUT2D eigenvalue weighted by atomic mass is 16.2. The van der Waals surface area contributed by atoms with Crippen LogP contribution in [0, 0.1) is 0 Å². The first kappa shape index (κ1) is 12.3. The van der Waals surface area contributed by atoms with E-state index in [1.807, 2.05) is 0 Å². The Kier molecular flexibility index (Phi) is 3.12. The molecule has 1 aliphatic rings. The highest BCUT2D eigenvalue weighted by Crippen LogP contribution is 2.27. The number of nitrogens with zero attached hydrogens (tertiary/aromatic N) is 1. The monoisotopic (exact) mass is 247 g/mol. The topological polar surface area (TPSA) is 106 Å². The summed E-state index contributed by atoms with van der Waals surface area (Å²) in [6.07, 6.45) is 0.504. The molecule has 0 radical (unpaired) electrons. The Balaban J connectivity index is 2.34. The maximum absolute atomic E-state index is 12.0. The van der Waals surface area contributed by atoms with Gasteiger partial charge in [-0.15, -0.1) is 0 Å². The molecule has 4 N–H and O–H groups in total. The lowest BCUT2D eigenvalue weighted by Gasteiger charge is -2.11. The highest BCUT2D eigenvalue weighted by molar-refractivity contribution is 6.30. The molecule has 6 heteroatoms. The molecule has 1 aliphatic heterocycles. The van der Waals surface area contributed by atoms with Crippen molar-refractivity contribution in [3.8, 4) is 0 Å². The maximum atomic E-state index is 12.0. The number of hydrogen-bond acceptors (Lipinski definition) is 5. The van der Waals surface area contributed by atoms with Gasteiger partial charge < -0.3 is 11.5 Å². The number of fused-ring (bicyclic) bond motifs is 1. The Labute approximate surface area is 104 Å². The third-order valence-electron chi connectivity index (χ3n) is 2.79. The van der Waals surface area contributed by atoms with Crippen LogP contribution in [0.4, 0.5) is 5.69 Å². The van der Waals surface area contributed by atoms with Crippen molar-refractivity contribution in [2.75, 3.05) is 12.3 Å². The molecule has 94 valence electrons. The van der Waals surface area contributed by atoms with Crippen LogP contribution in [0.5, 0.6) is 0 Å². The summed E-state index contributed by atoms with van der Waals surface area (Å²) in [5.74, 6) is -1.79. The predicted molar refractivity (Wildman–Crippen MR) is 64.6 cm³/mol. The van der Waals surface area contributed by atoms with E-state index in [0.29, 0.717) is 17.9 Å². The zero-order valence-electron chi connectivity index (χ0n) is 9.68. The SMILES string of the molecule is NCCCC(=O)N1C(=O)c2cccc(N)c2C1=O. The number of hydrogen-bond donors (Lipinski definition) is 2. The van der Waals surface area contributed by atoms with Crippen LogP contribution in [-0.4, -0.2) is 29.2 Å². The van der Waals surface area contributed by atoms with Crippen molar-refractivity contribution < 1.29 is 14.4 Å². The van der Waals surface area contributed by atoms with Crippen LogP contribution in [0.1, 0.15) is 33.6 Å². The predicted octanol–water partition coefficient (Wildman–Crippen LogP) is 0.130. The van der Waals surface area contributed by atoms with Crippen molar-refractivity contribution in [1.29, 1.82) is 0 Å². The number of imide groups is 3. The Morgan fingerprint density at radius 2 is 1.94 bits per heavy atom. The van der Waals surface area contributed by atoms with E-state index >= 15 is 0 Å². The van der Waals surface area contributed by atoms with E-state index in [1.54, 1.807) is 6.07 Å². The first-order valence-corrected chi connectivity index (χ1v) is 5.58. The molecule has 0 aromatic heterocycles. The van der Waals surface area contributed by atoms with Crippen molar-refractivity contribution >= 4 is 23.4 Å². The van der Waals surface area contributed by atoms with Gasteiger partial charge in [-0.05, 0) is 25.1 Å². The minimum absolute atomic E-state index is 0.0713. The minimum atomic E-state index is -0.643. The third-order valence-corrected chi connectivity index (χ3v) is 2.79. The van der Waals surface area contributed by atoms with Crippen LogP contribution >= 0.6 is 0 Å². The van der Waals surface area contributed by atoms with Crippen LogP contribution in [0.2, 0.25) is 0 Å². The summed E-state index contributed by atoms with van der Waals surface area (Å²) in [5.41, 5.74) is 11.5. The van der Waals surface area contributed by atoms with Crippen molar-refractivity contribution in [3.05, 3.63) is 29.3 Å². The quantitative estimate of drug-likeness (QED) is 0.583. The fraction of sp³-hybridized carbons (Fsp3) is 0.250.